The van der Waals surface area contributed by atoms with Gasteiger partial charge in [-0.3, -0.25) is 0 Å². The molecule has 15 heavy (non-hydrogen) atoms. The van der Waals surface area contributed by atoms with Crippen LogP contribution in [0.5, 0.6) is 0 Å². The van der Waals surface area contributed by atoms with E-state index in [1.807, 2.05) is 0 Å². The summed E-state index contributed by atoms with van der Waals surface area (Å²) >= 11 is 0. The second kappa shape index (κ2) is 5.31. The third-order valence-corrected chi connectivity index (χ3v) is 4.11. The van der Waals surface area contributed by atoms with E-state index in [4.69, 9.17) is 0 Å². The monoisotopic (exact) mass is 210 g/mol. The maximum atomic E-state index is 3.60. The van der Waals surface area contributed by atoms with Gasteiger partial charge in [-0.2, -0.15) is 0 Å². The number of hydrogen-bond donors (Lipinski definition) is 1. The Morgan fingerprint density at radius 1 is 1.27 bits per heavy atom. The fourth-order valence-corrected chi connectivity index (χ4v) is 3.21. The van der Waals surface area contributed by atoms with Gasteiger partial charge in [0.2, 0.25) is 0 Å². The molecule has 2 unspecified atom stereocenters. The van der Waals surface area contributed by atoms with Crippen LogP contribution < -0.4 is 5.32 Å². The summed E-state index contributed by atoms with van der Waals surface area (Å²) in [6, 6.07) is 1.69. The lowest BCUT2D eigenvalue weighted by atomic mass is 10.0. The standard InChI is InChI=1S/C13H26N2/c1-11(2)13-6-4-9-15(13)10-7-12-5-3-8-14-12/h11-14H,3-10H2,1-2H3. The number of likely N-dealkylation sites (tertiary alicyclic amines) is 1. The molecule has 0 radical (unpaired) electrons. The van der Waals surface area contributed by atoms with Gasteiger partial charge in [0.05, 0.1) is 0 Å². The molecule has 2 atom stereocenters. The van der Waals surface area contributed by atoms with E-state index in [9.17, 15) is 0 Å². The predicted octanol–water partition coefficient (Wildman–Crippen LogP) is 2.25. The van der Waals surface area contributed by atoms with Crippen molar-refractivity contribution in [3.8, 4) is 0 Å². The second-order valence-corrected chi connectivity index (χ2v) is 5.57. The lowest BCUT2D eigenvalue weighted by molar-refractivity contribution is 0.198. The molecule has 0 aromatic heterocycles. The van der Waals surface area contributed by atoms with E-state index < -0.39 is 0 Å². The van der Waals surface area contributed by atoms with Crippen molar-refractivity contribution in [2.24, 2.45) is 5.92 Å². The summed E-state index contributed by atoms with van der Waals surface area (Å²) in [5.41, 5.74) is 0. The molecule has 2 aliphatic rings. The van der Waals surface area contributed by atoms with Gasteiger partial charge in [0, 0.05) is 12.1 Å². The van der Waals surface area contributed by atoms with Gasteiger partial charge in [0.25, 0.3) is 0 Å². The molecule has 2 nitrogen and oxygen atoms in total. The van der Waals surface area contributed by atoms with Crippen molar-refractivity contribution in [1.82, 2.24) is 10.2 Å². The van der Waals surface area contributed by atoms with E-state index in [1.54, 1.807) is 0 Å². The first-order valence-corrected chi connectivity index (χ1v) is 6.75. The van der Waals surface area contributed by atoms with Gasteiger partial charge in [-0.05, 0) is 57.7 Å². The molecule has 2 fully saturated rings. The van der Waals surface area contributed by atoms with E-state index in [1.165, 1.54) is 51.7 Å². The third kappa shape index (κ3) is 2.94. The van der Waals surface area contributed by atoms with Gasteiger partial charge in [-0.1, -0.05) is 13.8 Å². The maximum absolute atomic E-state index is 3.60. The van der Waals surface area contributed by atoms with Crippen molar-refractivity contribution in [3.05, 3.63) is 0 Å². The zero-order chi connectivity index (χ0) is 10.7. The van der Waals surface area contributed by atoms with Crippen LogP contribution in [-0.2, 0) is 0 Å². The van der Waals surface area contributed by atoms with E-state index >= 15 is 0 Å². The third-order valence-electron chi connectivity index (χ3n) is 4.11. The highest BCUT2D eigenvalue weighted by atomic mass is 15.2. The number of rotatable bonds is 4. The molecule has 0 aromatic carbocycles. The number of nitrogens with zero attached hydrogens (tertiary/aromatic N) is 1. The van der Waals surface area contributed by atoms with Crippen molar-refractivity contribution in [2.45, 2.75) is 58.0 Å². The number of nitrogens with one attached hydrogen (secondary N) is 1. The van der Waals surface area contributed by atoms with Gasteiger partial charge in [0.15, 0.2) is 0 Å². The van der Waals surface area contributed by atoms with Crippen LogP contribution in [0.15, 0.2) is 0 Å². The van der Waals surface area contributed by atoms with Crippen molar-refractivity contribution in [2.75, 3.05) is 19.6 Å². The molecular weight excluding hydrogens is 184 g/mol. The van der Waals surface area contributed by atoms with Crippen LogP contribution in [0.4, 0.5) is 0 Å². The summed E-state index contributed by atoms with van der Waals surface area (Å²) < 4.78 is 0. The molecule has 88 valence electrons. The molecule has 2 aliphatic heterocycles. The van der Waals surface area contributed by atoms with E-state index in [2.05, 4.69) is 24.1 Å². The Hall–Kier alpha value is -0.0800. The second-order valence-electron chi connectivity index (χ2n) is 5.57. The van der Waals surface area contributed by atoms with Crippen LogP contribution in [-0.4, -0.2) is 36.6 Å². The smallest absolute Gasteiger partial charge is 0.0119 e. The largest absolute Gasteiger partial charge is 0.314 e. The van der Waals surface area contributed by atoms with Crippen LogP contribution in [0.2, 0.25) is 0 Å². The van der Waals surface area contributed by atoms with Gasteiger partial charge in [0.1, 0.15) is 0 Å². The van der Waals surface area contributed by atoms with E-state index in [-0.39, 0.29) is 0 Å². The quantitative estimate of drug-likeness (QED) is 0.765. The summed E-state index contributed by atoms with van der Waals surface area (Å²) in [7, 11) is 0. The Bertz CT molecular complexity index is 185. The Kier molecular flexibility index (Phi) is 4.04. The van der Waals surface area contributed by atoms with Crippen molar-refractivity contribution in [3.63, 3.8) is 0 Å². The average Bonchev–Trinajstić information content (AvgIpc) is 2.86. The average molecular weight is 210 g/mol. The molecule has 2 heterocycles. The molecule has 2 saturated heterocycles. The Morgan fingerprint density at radius 2 is 2.13 bits per heavy atom. The first kappa shape index (κ1) is 11.4. The lowest BCUT2D eigenvalue weighted by Gasteiger charge is -2.28. The highest BCUT2D eigenvalue weighted by Gasteiger charge is 2.27. The highest BCUT2D eigenvalue weighted by Crippen LogP contribution is 2.24. The normalized spacial score (nSPS) is 33.0. The SMILES string of the molecule is CC(C)C1CCCN1CCC1CCCN1. The molecule has 0 bridgehead atoms. The molecular formula is C13H26N2. The van der Waals surface area contributed by atoms with Crippen molar-refractivity contribution in [1.29, 1.82) is 0 Å². The molecule has 0 aromatic rings. The van der Waals surface area contributed by atoms with Crippen LogP contribution in [0, 0.1) is 5.92 Å². The predicted molar refractivity (Wildman–Crippen MR) is 65.1 cm³/mol. The molecule has 0 saturated carbocycles. The minimum absolute atomic E-state index is 0.818. The van der Waals surface area contributed by atoms with Crippen LogP contribution in [0.25, 0.3) is 0 Å². The molecule has 2 heteroatoms. The van der Waals surface area contributed by atoms with Crippen LogP contribution >= 0.6 is 0 Å². The van der Waals surface area contributed by atoms with Crippen LogP contribution in [0.1, 0.15) is 46.0 Å². The lowest BCUT2D eigenvalue weighted by Crippen LogP contribution is -2.36. The number of hydrogen-bond acceptors (Lipinski definition) is 2. The van der Waals surface area contributed by atoms with Gasteiger partial charge >= 0.3 is 0 Å². The van der Waals surface area contributed by atoms with E-state index in [0.29, 0.717) is 0 Å². The summed E-state index contributed by atoms with van der Waals surface area (Å²) in [4.78, 5) is 2.73. The zero-order valence-corrected chi connectivity index (χ0v) is 10.3. The van der Waals surface area contributed by atoms with Gasteiger partial charge in [-0.15, -0.1) is 0 Å². The van der Waals surface area contributed by atoms with Crippen molar-refractivity contribution < 1.29 is 0 Å². The maximum Gasteiger partial charge on any atom is 0.0119 e. The topological polar surface area (TPSA) is 15.3 Å². The first-order chi connectivity index (χ1) is 7.27. The van der Waals surface area contributed by atoms with Crippen LogP contribution in [0.3, 0.4) is 0 Å². The minimum Gasteiger partial charge on any atom is -0.314 e. The molecule has 0 spiro atoms. The molecule has 1 N–H and O–H groups in total. The Labute approximate surface area is 94.4 Å². The van der Waals surface area contributed by atoms with Gasteiger partial charge < -0.3 is 10.2 Å². The molecule has 2 rings (SSSR count). The Morgan fingerprint density at radius 3 is 2.80 bits per heavy atom. The summed E-state index contributed by atoms with van der Waals surface area (Å²) in [5, 5.41) is 3.60. The Balaban J connectivity index is 1.73. The minimum atomic E-state index is 0.818. The summed E-state index contributed by atoms with van der Waals surface area (Å²) in [6.07, 6.45) is 7.00. The fraction of sp³-hybridized carbons (Fsp3) is 1.00. The fourth-order valence-electron chi connectivity index (χ4n) is 3.21. The summed E-state index contributed by atoms with van der Waals surface area (Å²) in [6.45, 7) is 8.65. The van der Waals surface area contributed by atoms with Gasteiger partial charge in [-0.25, -0.2) is 0 Å². The zero-order valence-electron chi connectivity index (χ0n) is 10.3. The summed E-state index contributed by atoms with van der Waals surface area (Å²) in [5.74, 6) is 0.837. The van der Waals surface area contributed by atoms with Crippen molar-refractivity contribution >= 4 is 0 Å². The highest BCUT2D eigenvalue weighted by molar-refractivity contribution is 4.83. The first-order valence-electron chi connectivity index (χ1n) is 6.75. The molecule has 0 aliphatic carbocycles. The van der Waals surface area contributed by atoms with E-state index in [0.717, 1.165) is 18.0 Å². The molecule has 0 amide bonds.